The van der Waals surface area contributed by atoms with Gasteiger partial charge in [0.2, 0.25) is 0 Å². The maximum absolute atomic E-state index is 12.9. The summed E-state index contributed by atoms with van der Waals surface area (Å²) in [5, 5.41) is 3.47. The summed E-state index contributed by atoms with van der Waals surface area (Å²) in [6, 6.07) is 8.62. The second-order valence-electron chi connectivity index (χ2n) is 10.4. The summed E-state index contributed by atoms with van der Waals surface area (Å²) in [6.07, 6.45) is 0.122. The van der Waals surface area contributed by atoms with Crippen molar-refractivity contribution < 1.29 is 38.1 Å². The van der Waals surface area contributed by atoms with E-state index in [0.717, 1.165) is 5.56 Å². The van der Waals surface area contributed by atoms with Gasteiger partial charge in [-0.05, 0) is 32.8 Å². The zero-order valence-electron chi connectivity index (χ0n) is 23.3. The topological polar surface area (TPSA) is 124 Å². The molecule has 0 bridgehead atoms. The number of benzene rings is 1. The first-order valence-corrected chi connectivity index (χ1v) is 12.6. The minimum Gasteiger partial charge on any atom is -0.468 e. The first-order valence-electron chi connectivity index (χ1n) is 12.6. The van der Waals surface area contributed by atoms with E-state index in [1.807, 2.05) is 40.1 Å². The van der Waals surface area contributed by atoms with Gasteiger partial charge in [-0.15, -0.1) is 0 Å². The number of nitrogens with one attached hydrogen (secondary N) is 1. The Kier molecular flexibility index (Phi) is 11.7. The third-order valence-electron chi connectivity index (χ3n) is 6.20. The summed E-state index contributed by atoms with van der Waals surface area (Å²) in [5.41, 5.74) is -0.731. The van der Waals surface area contributed by atoms with E-state index in [0.29, 0.717) is 26.2 Å². The minimum absolute atomic E-state index is 0.00729. The van der Waals surface area contributed by atoms with E-state index in [4.69, 9.17) is 18.9 Å². The van der Waals surface area contributed by atoms with Crippen LogP contribution in [0.4, 0.5) is 0 Å². The molecule has 1 unspecified atom stereocenters. The molecule has 1 heterocycles. The zero-order chi connectivity index (χ0) is 28.3. The third-order valence-corrected chi connectivity index (χ3v) is 6.20. The summed E-state index contributed by atoms with van der Waals surface area (Å²) in [5.74, 6) is -1.76. The van der Waals surface area contributed by atoms with Crippen LogP contribution in [-0.4, -0.2) is 106 Å². The Morgan fingerprint density at radius 3 is 1.84 bits per heavy atom. The molecule has 0 amide bonds. The minimum atomic E-state index is -0.924. The molecule has 1 atom stereocenters. The van der Waals surface area contributed by atoms with Gasteiger partial charge in [0.05, 0.1) is 40.0 Å². The fourth-order valence-corrected chi connectivity index (χ4v) is 4.51. The van der Waals surface area contributed by atoms with Gasteiger partial charge < -0.3 is 18.9 Å². The highest BCUT2D eigenvalue weighted by Crippen LogP contribution is 2.28. The predicted molar refractivity (Wildman–Crippen MR) is 139 cm³/mol. The number of methoxy groups -OCH3 is 3. The molecule has 1 aromatic rings. The largest absolute Gasteiger partial charge is 0.468 e. The summed E-state index contributed by atoms with van der Waals surface area (Å²) in [7, 11) is 3.95. The van der Waals surface area contributed by atoms with Crippen LogP contribution in [0.2, 0.25) is 0 Å². The molecule has 0 aromatic heterocycles. The van der Waals surface area contributed by atoms with E-state index in [9.17, 15) is 19.2 Å². The lowest BCUT2D eigenvalue weighted by atomic mass is 9.87. The van der Waals surface area contributed by atoms with Crippen molar-refractivity contribution in [2.45, 2.75) is 50.8 Å². The number of hydrogen-bond acceptors (Lipinski definition) is 11. The molecular formula is C27H41N3O8. The zero-order valence-corrected chi connectivity index (χ0v) is 23.3. The SMILES string of the molecule is COC(=O)CN1CCN(CC(=O)OC)CC(NC(CCC(=O)OC(C)(C)C)C(=O)OC)(c2ccccc2)C1. The van der Waals surface area contributed by atoms with Crippen LogP contribution < -0.4 is 5.32 Å². The fourth-order valence-electron chi connectivity index (χ4n) is 4.51. The predicted octanol–water partition coefficient (Wildman–Crippen LogP) is 1.10. The van der Waals surface area contributed by atoms with Crippen LogP contribution in [-0.2, 0) is 43.7 Å². The second kappa shape index (κ2) is 14.2. The molecule has 1 aromatic carbocycles. The van der Waals surface area contributed by atoms with E-state index in [1.165, 1.54) is 21.3 Å². The normalized spacial score (nSPS) is 17.1. The molecular weight excluding hydrogens is 494 g/mol. The molecule has 11 nitrogen and oxygen atoms in total. The first kappa shape index (κ1) is 31.2. The Labute approximate surface area is 224 Å². The highest BCUT2D eigenvalue weighted by atomic mass is 16.6. The van der Waals surface area contributed by atoms with Crippen molar-refractivity contribution in [3.05, 3.63) is 35.9 Å². The van der Waals surface area contributed by atoms with Crippen LogP contribution in [0.15, 0.2) is 30.3 Å². The van der Waals surface area contributed by atoms with Crippen molar-refractivity contribution in [2.24, 2.45) is 0 Å². The average molecular weight is 536 g/mol. The van der Waals surface area contributed by atoms with Crippen molar-refractivity contribution >= 4 is 23.9 Å². The van der Waals surface area contributed by atoms with E-state index in [-0.39, 0.29) is 25.9 Å². The Morgan fingerprint density at radius 2 is 1.39 bits per heavy atom. The number of rotatable bonds is 11. The first-order chi connectivity index (χ1) is 17.9. The Balaban J connectivity index is 2.48. The Hall–Kier alpha value is -3.02. The van der Waals surface area contributed by atoms with Crippen molar-refractivity contribution in [2.75, 3.05) is 60.6 Å². The molecule has 11 heteroatoms. The summed E-state index contributed by atoms with van der Waals surface area (Å²) >= 11 is 0. The van der Waals surface area contributed by atoms with Crippen LogP contribution in [0, 0.1) is 0 Å². The number of nitrogens with zero attached hydrogens (tertiary/aromatic N) is 2. The standard InChI is InChI=1S/C27H41N3O8/c1-26(2,3)38-22(31)13-12-21(25(34)37-6)28-27(20-10-8-7-9-11-20)18-29(16-23(32)35-4)14-15-30(19-27)17-24(33)36-5/h7-11,21,28H,12-19H2,1-6H3. The van der Waals surface area contributed by atoms with Gasteiger partial charge in [-0.2, -0.15) is 0 Å². The van der Waals surface area contributed by atoms with E-state index in [1.54, 1.807) is 20.8 Å². The lowest BCUT2D eigenvalue weighted by molar-refractivity contribution is -0.155. The van der Waals surface area contributed by atoms with Gasteiger partial charge >= 0.3 is 23.9 Å². The number of ether oxygens (including phenoxy) is 4. The average Bonchev–Trinajstić information content (AvgIpc) is 3.04. The molecule has 0 radical (unpaired) electrons. The van der Waals surface area contributed by atoms with Crippen LogP contribution in [0.3, 0.4) is 0 Å². The van der Waals surface area contributed by atoms with E-state index >= 15 is 0 Å². The Morgan fingerprint density at radius 1 is 0.868 bits per heavy atom. The third kappa shape index (κ3) is 9.70. The van der Waals surface area contributed by atoms with Gasteiger partial charge in [-0.3, -0.25) is 34.3 Å². The van der Waals surface area contributed by atoms with Crippen molar-refractivity contribution in [3.63, 3.8) is 0 Å². The van der Waals surface area contributed by atoms with E-state index < -0.39 is 41.1 Å². The van der Waals surface area contributed by atoms with Crippen LogP contribution in [0.25, 0.3) is 0 Å². The monoisotopic (exact) mass is 535 g/mol. The van der Waals surface area contributed by atoms with Crippen molar-refractivity contribution in [1.29, 1.82) is 0 Å². The Bertz CT molecular complexity index is 919. The van der Waals surface area contributed by atoms with Crippen molar-refractivity contribution in [3.8, 4) is 0 Å². The van der Waals surface area contributed by atoms with E-state index in [2.05, 4.69) is 5.32 Å². The highest BCUT2D eigenvalue weighted by Gasteiger charge is 2.42. The van der Waals surface area contributed by atoms with Gasteiger partial charge in [0.1, 0.15) is 11.6 Å². The van der Waals surface area contributed by atoms with Crippen molar-refractivity contribution in [1.82, 2.24) is 15.1 Å². The maximum Gasteiger partial charge on any atom is 0.322 e. The maximum atomic E-state index is 12.9. The molecule has 1 fully saturated rings. The molecule has 38 heavy (non-hydrogen) atoms. The molecule has 1 aliphatic rings. The number of carbonyl (C=O) groups is 4. The highest BCUT2D eigenvalue weighted by molar-refractivity contribution is 5.77. The fraction of sp³-hybridized carbons (Fsp3) is 0.630. The van der Waals surface area contributed by atoms with Crippen LogP contribution in [0.1, 0.15) is 39.2 Å². The lowest BCUT2D eigenvalue weighted by Gasteiger charge is -2.41. The molecule has 1 N–H and O–H groups in total. The summed E-state index contributed by atoms with van der Waals surface area (Å²) in [4.78, 5) is 53.7. The summed E-state index contributed by atoms with van der Waals surface area (Å²) in [6.45, 7) is 6.99. The molecule has 0 saturated carbocycles. The van der Waals surface area contributed by atoms with Gasteiger partial charge in [0.25, 0.3) is 0 Å². The summed E-state index contributed by atoms with van der Waals surface area (Å²) < 4.78 is 20.3. The number of carbonyl (C=O) groups excluding carboxylic acids is 4. The molecule has 0 spiro atoms. The van der Waals surface area contributed by atoms with Crippen LogP contribution in [0.5, 0.6) is 0 Å². The van der Waals surface area contributed by atoms with Gasteiger partial charge in [-0.1, -0.05) is 30.3 Å². The van der Waals surface area contributed by atoms with Gasteiger partial charge in [-0.25, -0.2) is 0 Å². The number of hydrogen-bond donors (Lipinski definition) is 1. The quantitative estimate of drug-likeness (QED) is 0.324. The molecule has 1 saturated heterocycles. The smallest absolute Gasteiger partial charge is 0.322 e. The van der Waals surface area contributed by atoms with Gasteiger partial charge in [0.15, 0.2) is 0 Å². The second-order valence-corrected chi connectivity index (χ2v) is 10.4. The lowest BCUT2D eigenvalue weighted by Crippen LogP contribution is -2.60. The van der Waals surface area contributed by atoms with Gasteiger partial charge in [0, 0.05) is 32.6 Å². The number of esters is 4. The molecule has 212 valence electrons. The molecule has 2 rings (SSSR count). The van der Waals surface area contributed by atoms with Crippen LogP contribution >= 0.6 is 0 Å². The molecule has 0 aliphatic carbocycles. The molecule has 1 aliphatic heterocycles.